The van der Waals surface area contributed by atoms with Gasteiger partial charge in [-0.15, -0.1) is 8.78 Å². The van der Waals surface area contributed by atoms with Gasteiger partial charge in [-0.1, -0.05) is 12.1 Å². The summed E-state index contributed by atoms with van der Waals surface area (Å²) in [5, 5.41) is 10.3. The van der Waals surface area contributed by atoms with Crippen molar-refractivity contribution in [3.8, 4) is 11.5 Å². The fourth-order valence-electron chi connectivity index (χ4n) is 3.41. The first kappa shape index (κ1) is 16.2. The zero-order valence-electron chi connectivity index (χ0n) is 13.4. The predicted molar refractivity (Wildman–Crippen MR) is 85.4 cm³/mol. The average molecular weight is 348 g/mol. The predicted octanol–water partition coefficient (Wildman–Crippen LogP) is 2.44. The maximum atomic E-state index is 13.1. The molecule has 1 aromatic carbocycles. The highest BCUT2D eigenvalue weighted by Crippen LogP contribution is 2.41. The third-order valence-corrected chi connectivity index (χ3v) is 4.55. The van der Waals surface area contributed by atoms with Gasteiger partial charge in [0.05, 0.1) is 6.10 Å². The van der Waals surface area contributed by atoms with E-state index in [1.165, 1.54) is 6.07 Å². The molecule has 0 amide bonds. The van der Waals surface area contributed by atoms with Crippen LogP contribution in [0.2, 0.25) is 0 Å². The Bertz CT molecular complexity index is 757. The lowest BCUT2D eigenvalue weighted by Gasteiger charge is -2.15. The summed E-state index contributed by atoms with van der Waals surface area (Å²) in [6, 6.07) is 10.5. The monoisotopic (exact) mass is 348 g/mol. The largest absolute Gasteiger partial charge is 0.586 e. The molecule has 0 unspecified atom stereocenters. The minimum Gasteiger partial charge on any atom is -0.395 e. The molecular formula is C18H18F2N2O3. The first-order valence-electron chi connectivity index (χ1n) is 8.18. The lowest BCUT2D eigenvalue weighted by atomic mass is 10.00. The van der Waals surface area contributed by atoms with Crippen LogP contribution in [0.5, 0.6) is 11.5 Å². The number of hydrogen-bond donors (Lipinski definition) is 1. The van der Waals surface area contributed by atoms with Gasteiger partial charge in [0, 0.05) is 37.4 Å². The van der Waals surface area contributed by atoms with Gasteiger partial charge in [-0.3, -0.25) is 9.88 Å². The molecule has 0 saturated carbocycles. The molecule has 0 aliphatic carbocycles. The normalized spacial score (nSPS) is 24.6. The van der Waals surface area contributed by atoms with Gasteiger partial charge in [0.25, 0.3) is 0 Å². The van der Waals surface area contributed by atoms with E-state index < -0.39 is 12.4 Å². The highest BCUT2D eigenvalue weighted by atomic mass is 19.3. The minimum absolute atomic E-state index is 0.0447. The molecule has 1 fully saturated rings. The summed E-state index contributed by atoms with van der Waals surface area (Å²) < 4.78 is 35.1. The lowest BCUT2D eigenvalue weighted by molar-refractivity contribution is -0.286. The van der Waals surface area contributed by atoms with E-state index in [1.807, 2.05) is 18.2 Å². The van der Waals surface area contributed by atoms with E-state index in [1.54, 1.807) is 18.3 Å². The van der Waals surface area contributed by atoms with E-state index in [-0.39, 0.29) is 17.4 Å². The number of ether oxygens (including phenoxy) is 2. The molecule has 132 valence electrons. The van der Waals surface area contributed by atoms with Crippen molar-refractivity contribution < 1.29 is 23.4 Å². The molecule has 25 heavy (non-hydrogen) atoms. The third kappa shape index (κ3) is 3.57. The Morgan fingerprint density at radius 1 is 1.16 bits per heavy atom. The standard InChI is InChI=1S/C18H18F2N2O3/c19-18(20)24-16-5-4-12(7-17(16)25-18)9-22-10-13(15(23)11-22)8-14-3-1-2-6-21-14/h1-7,13,15,23H,8-11H2/t13-,15-/m1/s1. The number of fused-ring (bicyclic) bond motifs is 1. The zero-order valence-corrected chi connectivity index (χ0v) is 13.4. The average Bonchev–Trinajstić information content (AvgIpc) is 3.06. The SMILES string of the molecule is O[C@@H]1CN(Cc2ccc3c(c2)OC(F)(F)O3)C[C@H]1Cc1ccccn1. The molecule has 0 bridgehead atoms. The summed E-state index contributed by atoms with van der Waals surface area (Å²) in [6.07, 6.45) is -1.57. The second-order valence-corrected chi connectivity index (χ2v) is 6.50. The van der Waals surface area contributed by atoms with Gasteiger partial charge in [-0.05, 0) is 36.2 Å². The van der Waals surface area contributed by atoms with Crippen molar-refractivity contribution in [3.05, 3.63) is 53.9 Å². The molecule has 5 nitrogen and oxygen atoms in total. The van der Waals surface area contributed by atoms with Gasteiger partial charge in [0.15, 0.2) is 11.5 Å². The first-order chi connectivity index (χ1) is 12.0. The Morgan fingerprint density at radius 3 is 2.80 bits per heavy atom. The Kier molecular flexibility index (Phi) is 4.05. The molecule has 1 N–H and O–H groups in total. The molecule has 2 aliphatic rings. The van der Waals surface area contributed by atoms with Gasteiger partial charge >= 0.3 is 6.29 Å². The molecule has 0 spiro atoms. The Hall–Kier alpha value is -2.25. The fourth-order valence-corrected chi connectivity index (χ4v) is 3.41. The van der Waals surface area contributed by atoms with Gasteiger partial charge in [0.1, 0.15) is 0 Å². The quantitative estimate of drug-likeness (QED) is 0.920. The first-order valence-corrected chi connectivity index (χ1v) is 8.18. The topological polar surface area (TPSA) is 54.8 Å². The van der Waals surface area contributed by atoms with E-state index in [0.717, 1.165) is 17.8 Å². The van der Waals surface area contributed by atoms with Crippen molar-refractivity contribution in [1.29, 1.82) is 0 Å². The maximum Gasteiger partial charge on any atom is 0.586 e. The smallest absolute Gasteiger partial charge is 0.395 e. The number of hydrogen-bond acceptors (Lipinski definition) is 5. The molecule has 1 saturated heterocycles. The molecule has 3 heterocycles. The van der Waals surface area contributed by atoms with Crippen LogP contribution in [0.3, 0.4) is 0 Å². The van der Waals surface area contributed by atoms with E-state index >= 15 is 0 Å². The van der Waals surface area contributed by atoms with Gasteiger partial charge in [-0.2, -0.15) is 0 Å². The summed E-state index contributed by atoms with van der Waals surface area (Å²) in [7, 11) is 0. The van der Waals surface area contributed by atoms with Crippen LogP contribution in [0.25, 0.3) is 0 Å². The van der Waals surface area contributed by atoms with Crippen molar-refractivity contribution in [2.45, 2.75) is 25.4 Å². The van der Waals surface area contributed by atoms with Crippen LogP contribution in [-0.2, 0) is 13.0 Å². The van der Waals surface area contributed by atoms with Crippen molar-refractivity contribution >= 4 is 0 Å². The summed E-state index contributed by atoms with van der Waals surface area (Å²) in [5.74, 6) is 0.198. The Labute approximate surface area is 143 Å². The number of aliphatic hydroxyl groups excluding tert-OH is 1. The van der Waals surface area contributed by atoms with Crippen LogP contribution in [0.15, 0.2) is 42.6 Å². The third-order valence-electron chi connectivity index (χ3n) is 4.55. The summed E-state index contributed by atoms with van der Waals surface area (Å²) >= 11 is 0. The number of benzene rings is 1. The van der Waals surface area contributed by atoms with Crippen molar-refractivity contribution in [2.75, 3.05) is 13.1 Å². The number of pyridine rings is 1. The molecular weight excluding hydrogens is 330 g/mol. The summed E-state index contributed by atoms with van der Waals surface area (Å²) in [5.41, 5.74) is 1.80. The van der Waals surface area contributed by atoms with Crippen LogP contribution in [0.1, 0.15) is 11.3 Å². The van der Waals surface area contributed by atoms with Crippen LogP contribution >= 0.6 is 0 Å². The minimum atomic E-state index is -3.60. The van der Waals surface area contributed by atoms with E-state index in [0.29, 0.717) is 19.5 Å². The Morgan fingerprint density at radius 2 is 2.00 bits per heavy atom. The molecule has 7 heteroatoms. The van der Waals surface area contributed by atoms with E-state index in [2.05, 4.69) is 19.4 Å². The number of β-amino-alcohol motifs (C(OH)–C–C–N with tert-alkyl or cyclic N) is 1. The van der Waals surface area contributed by atoms with Crippen LogP contribution < -0.4 is 9.47 Å². The number of rotatable bonds is 4. The van der Waals surface area contributed by atoms with Crippen LogP contribution in [0.4, 0.5) is 8.78 Å². The fraction of sp³-hybridized carbons (Fsp3) is 0.389. The number of alkyl halides is 2. The molecule has 2 aromatic rings. The summed E-state index contributed by atoms with van der Waals surface area (Å²) in [4.78, 5) is 6.41. The highest BCUT2D eigenvalue weighted by molar-refractivity contribution is 5.45. The highest BCUT2D eigenvalue weighted by Gasteiger charge is 2.43. The zero-order chi connectivity index (χ0) is 17.4. The molecule has 4 rings (SSSR count). The van der Waals surface area contributed by atoms with Crippen molar-refractivity contribution in [3.63, 3.8) is 0 Å². The van der Waals surface area contributed by atoms with E-state index in [4.69, 9.17) is 0 Å². The number of halogens is 2. The Balaban J connectivity index is 1.40. The number of aliphatic hydroxyl groups is 1. The van der Waals surface area contributed by atoms with E-state index in [9.17, 15) is 13.9 Å². The lowest BCUT2D eigenvalue weighted by Crippen LogP contribution is -2.26. The summed E-state index contributed by atoms with van der Waals surface area (Å²) in [6.45, 7) is 1.82. The van der Waals surface area contributed by atoms with Crippen LogP contribution in [0, 0.1) is 5.92 Å². The molecule has 2 atom stereocenters. The molecule has 2 aliphatic heterocycles. The number of nitrogens with zero attached hydrogens (tertiary/aromatic N) is 2. The second kappa shape index (κ2) is 6.24. The second-order valence-electron chi connectivity index (χ2n) is 6.50. The number of aromatic nitrogens is 1. The molecule has 1 aromatic heterocycles. The number of likely N-dealkylation sites (tertiary alicyclic amines) is 1. The maximum absolute atomic E-state index is 13.1. The van der Waals surface area contributed by atoms with Gasteiger partial charge in [0.2, 0.25) is 0 Å². The van der Waals surface area contributed by atoms with Gasteiger partial charge < -0.3 is 14.6 Å². The van der Waals surface area contributed by atoms with Gasteiger partial charge in [-0.25, -0.2) is 0 Å². The van der Waals surface area contributed by atoms with Crippen molar-refractivity contribution in [1.82, 2.24) is 9.88 Å². The van der Waals surface area contributed by atoms with Crippen molar-refractivity contribution in [2.24, 2.45) is 5.92 Å². The van der Waals surface area contributed by atoms with Crippen LogP contribution in [-0.4, -0.2) is 40.5 Å². The molecule has 0 radical (unpaired) electrons.